The van der Waals surface area contributed by atoms with E-state index in [9.17, 15) is 43.2 Å². The Bertz CT molecular complexity index is 2050. The Balaban J connectivity index is 5.28. The standard InChI is InChI=1S/C83H158O17P2/c1-7-9-11-13-15-17-19-21-23-24-25-26-27-29-31-36-42-49-55-61-67-82(87)99-78(71-93-80(85)65-59-53-47-41-35-30-28-22-20-18-16-14-12-10-8-2)73-97-101(89,90)95-69-77(84)70-96-102(91,92)98-74-79(72-94-81(86)66-60-54-48-44-38-40-46-52-58-64-76(5)6)100-83(88)68-62-56-50-43-37-33-32-34-39-45-51-57-63-75(3)4/h18,20,22,28,75-79,84H,7-17,19,21,23-27,29-74H2,1-6H3,(H,89,90)(H,91,92)/b20-18-,28-22-/t77-,78-,79-/m1/s1. The van der Waals surface area contributed by atoms with E-state index < -0.39 is 97.5 Å². The molecule has 0 saturated heterocycles. The van der Waals surface area contributed by atoms with Crippen molar-refractivity contribution >= 4 is 39.5 Å². The van der Waals surface area contributed by atoms with Crippen LogP contribution in [0.15, 0.2) is 24.3 Å². The molecule has 0 aliphatic carbocycles. The predicted octanol–water partition coefficient (Wildman–Crippen LogP) is 24.6. The summed E-state index contributed by atoms with van der Waals surface area (Å²) in [6, 6.07) is 0. The van der Waals surface area contributed by atoms with Crippen molar-refractivity contribution in [2.75, 3.05) is 39.6 Å². The molecule has 0 spiro atoms. The minimum Gasteiger partial charge on any atom is -0.462 e. The quantitative estimate of drug-likeness (QED) is 0.0169. The van der Waals surface area contributed by atoms with E-state index in [4.69, 9.17) is 37.0 Å². The second-order valence-electron chi connectivity index (χ2n) is 30.1. The van der Waals surface area contributed by atoms with Crippen molar-refractivity contribution in [1.82, 2.24) is 0 Å². The van der Waals surface area contributed by atoms with Gasteiger partial charge in [-0.25, -0.2) is 9.13 Å². The Kier molecular flexibility index (Phi) is 72.2. The zero-order valence-corrected chi connectivity index (χ0v) is 68.2. The number of aliphatic hydroxyl groups excluding tert-OH is 1. The van der Waals surface area contributed by atoms with Crippen LogP contribution in [0.4, 0.5) is 0 Å². The number of carbonyl (C=O) groups excluding carboxylic acids is 4. The fourth-order valence-corrected chi connectivity index (χ4v) is 13.9. The minimum absolute atomic E-state index is 0.102. The van der Waals surface area contributed by atoms with Gasteiger partial charge in [-0.2, -0.15) is 0 Å². The van der Waals surface area contributed by atoms with Crippen molar-refractivity contribution in [2.45, 2.75) is 432 Å². The van der Waals surface area contributed by atoms with Crippen molar-refractivity contribution in [1.29, 1.82) is 0 Å². The lowest BCUT2D eigenvalue weighted by atomic mass is 10.0. The first-order valence-corrected chi connectivity index (χ1v) is 45.3. The number of phosphoric ester groups is 2. The Labute approximate surface area is 624 Å². The summed E-state index contributed by atoms with van der Waals surface area (Å²) in [5, 5.41) is 10.7. The molecule has 0 aliphatic rings. The van der Waals surface area contributed by atoms with E-state index in [2.05, 4.69) is 65.8 Å². The molecule has 0 radical (unpaired) electrons. The van der Waals surface area contributed by atoms with Gasteiger partial charge in [-0.05, 0) is 63.2 Å². The number of hydrogen-bond donors (Lipinski definition) is 3. The molecule has 0 aromatic rings. The van der Waals surface area contributed by atoms with E-state index in [1.807, 2.05) is 0 Å². The van der Waals surface area contributed by atoms with Gasteiger partial charge in [0, 0.05) is 25.7 Å². The first-order valence-electron chi connectivity index (χ1n) is 42.3. The molecule has 0 rings (SSSR count). The highest BCUT2D eigenvalue weighted by Gasteiger charge is 2.30. The monoisotopic (exact) mass is 1490 g/mol. The molecule has 17 nitrogen and oxygen atoms in total. The molecule has 0 bridgehead atoms. The number of phosphoric acid groups is 2. The second-order valence-corrected chi connectivity index (χ2v) is 33.0. The number of carbonyl (C=O) groups is 4. The van der Waals surface area contributed by atoms with Gasteiger partial charge in [0.25, 0.3) is 0 Å². The third-order valence-electron chi connectivity index (χ3n) is 18.8. The van der Waals surface area contributed by atoms with Gasteiger partial charge in [0.1, 0.15) is 19.3 Å². The van der Waals surface area contributed by atoms with E-state index in [-0.39, 0.29) is 25.7 Å². The molecule has 602 valence electrons. The topological polar surface area (TPSA) is 237 Å². The molecule has 0 aromatic heterocycles. The van der Waals surface area contributed by atoms with Crippen LogP contribution < -0.4 is 0 Å². The average Bonchev–Trinajstić information content (AvgIpc) is 0.954. The van der Waals surface area contributed by atoms with E-state index in [1.165, 1.54) is 212 Å². The molecule has 19 heteroatoms. The van der Waals surface area contributed by atoms with Crippen LogP contribution in [0.3, 0.4) is 0 Å². The minimum atomic E-state index is -4.97. The zero-order valence-electron chi connectivity index (χ0n) is 66.4. The molecule has 2 unspecified atom stereocenters. The number of ether oxygens (including phenoxy) is 4. The van der Waals surface area contributed by atoms with Crippen LogP contribution >= 0.6 is 15.6 Å². The Morgan fingerprint density at radius 1 is 0.304 bits per heavy atom. The maximum atomic E-state index is 13.1. The van der Waals surface area contributed by atoms with Crippen molar-refractivity contribution < 1.29 is 80.2 Å². The predicted molar refractivity (Wildman–Crippen MR) is 418 cm³/mol. The zero-order chi connectivity index (χ0) is 74.9. The molecule has 0 saturated carbocycles. The summed E-state index contributed by atoms with van der Waals surface area (Å²) in [7, 11) is -9.94. The van der Waals surface area contributed by atoms with E-state index in [1.54, 1.807) is 0 Å². The third kappa shape index (κ3) is 75.8. The number of unbranched alkanes of at least 4 members (excludes halogenated alkanes) is 47. The van der Waals surface area contributed by atoms with Crippen molar-refractivity contribution in [3.05, 3.63) is 24.3 Å². The highest BCUT2D eigenvalue weighted by Crippen LogP contribution is 2.45. The van der Waals surface area contributed by atoms with Crippen molar-refractivity contribution in [2.24, 2.45) is 11.8 Å². The molecule has 0 amide bonds. The molecular formula is C83H158O17P2. The fraction of sp³-hybridized carbons (Fsp3) is 0.904. The first-order chi connectivity index (χ1) is 49.4. The lowest BCUT2D eigenvalue weighted by Crippen LogP contribution is -2.30. The summed E-state index contributed by atoms with van der Waals surface area (Å²) >= 11 is 0. The lowest BCUT2D eigenvalue weighted by molar-refractivity contribution is -0.161. The van der Waals surface area contributed by atoms with Gasteiger partial charge < -0.3 is 33.8 Å². The van der Waals surface area contributed by atoms with E-state index in [0.29, 0.717) is 25.7 Å². The largest absolute Gasteiger partial charge is 0.472 e. The molecule has 0 aliphatic heterocycles. The Morgan fingerprint density at radius 3 is 0.804 bits per heavy atom. The SMILES string of the molecule is CCCCCC/C=C\C=C/CCCCCCCC(=O)OC[C@H](COP(=O)(O)OC[C@@H](O)COP(=O)(O)OC[C@@H](COC(=O)CCCCCCCCCCCC(C)C)OC(=O)CCCCCCCCCCCCCCC(C)C)OC(=O)CCCCCCCCCCCCCCCCCCCCCC. The highest BCUT2D eigenvalue weighted by atomic mass is 31.2. The summed E-state index contributed by atoms with van der Waals surface area (Å²) in [6.07, 6.45) is 67.4. The van der Waals surface area contributed by atoms with Crippen LogP contribution in [0.1, 0.15) is 414 Å². The first kappa shape index (κ1) is 99.5. The Hall–Kier alpha value is -2.46. The number of rotatable bonds is 80. The third-order valence-corrected chi connectivity index (χ3v) is 20.7. The molecule has 3 N–H and O–H groups in total. The molecule has 102 heavy (non-hydrogen) atoms. The molecule has 0 heterocycles. The van der Waals surface area contributed by atoms with Crippen LogP contribution in [0.2, 0.25) is 0 Å². The highest BCUT2D eigenvalue weighted by molar-refractivity contribution is 7.47. The average molecular weight is 1490 g/mol. The summed E-state index contributed by atoms with van der Waals surface area (Å²) < 4.78 is 68.8. The second kappa shape index (κ2) is 74.0. The van der Waals surface area contributed by atoms with Crippen molar-refractivity contribution in [3.8, 4) is 0 Å². The molecular weight excluding hydrogens is 1330 g/mol. The maximum Gasteiger partial charge on any atom is 0.472 e. The van der Waals surface area contributed by atoms with Gasteiger partial charge in [0.2, 0.25) is 0 Å². The number of esters is 4. The van der Waals surface area contributed by atoms with Gasteiger partial charge >= 0.3 is 39.5 Å². The molecule has 5 atom stereocenters. The smallest absolute Gasteiger partial charge is 0.462 e. The molecule has 0 fully saturated rings. The fourth-order valence-electron chi connectivity index (χ4n) is 12.3. The number of aliphatic hydroxyl groups is 1. The van der Waals surface area contributed by atoms with E-state index >= 15 is 0 Å². The van der Waals surface area contributed by atoms with Crippen LogP contribution in [0, 0.1) is 11.8 Å². The van der Waals surface area contributed by atoms with Gasteiger partial charge in [-0.3, -0.25) is 37.3 Å². The van der Waals surface area contributed by atoms with Gasteiger partial charge in [-0.1, -0.05) is 361 Å². The van der Waals surface area contributed by atoms with Gasteiger partial charge in [0.05, 0.1) is 26.4 Å². The Morgan fingerprint density at radius 2 is 0.529 bits per heavy atom. The van der Waals surface area contributed by atoms with Crippen LogP contribution in [-0.4, -0.2) is 96.7 Å². The van der Waals surface area contributed by atoms with Crippen LogP contribution in [-0.2, 0) is 65.4 Å². The van der Waals surface area contributed by atoms with Crippen LogP contribution in [0.5, 0.6) is 0 Å². The van der Waals surface area contributed by atoms with Gasteiger partial charge in [-0.15, -0.1) is 0 Å². The van der Waals surface area contributed by atoms with Crippen LogP contribution in [0.25, 0.3) is 0 Å². The summed E-state index contributed by atoms with van der Waals surface area (Å²) in [4.78, 5) is 73.1. The number of allylic oxidation sites excluding steroid dienone is 4. The summed E-state index contributed by atoms with van der Waals surface area (Å²) in [5.41, 5.74) is 0. The normalized spacial score (nSPS) is 14.0. The summed E-state index contributed by atoms with van der Waals surface area (Å²) in [5.74, 6) is -0.619. The number of hydrogen-bond acceptors (Lipinski definition) is 15. The lowest BCUT2D eigenvalue weighted by Gasteiger charge is -2.21. The molecule has 0 aromatic carbocycles. The van der Waals surface area contributed by atoms with Gasteiger partial charge in [0.15, 0.2) is 12.2 Å². The van der Waals surface area contributed by atoms with Crippen molar-refractivity contribution in [3.63, 3.8) is 0 Å². The maximum absolute atomic E-state index is 13.1. The van der Waals surface area contributed by atoms with E-state index in [0.717, 1.165) is 121 Å². The summed E-state index contributed by atoms with van der Waals surface area (Å²) in [6.45, 7) is 9.57.